The molecule has 19 heavy (non-hydrogen) atoms. The van der Waals surface area contributed by atoms with E-state index in [1.54, 1.807) is 0 Å². The molecular weight excluding hydrogens is 262 g/mol. The van der Waals surface area contributed by atoms with Gasteiger partial charge in [0.1, 0.15) is 11.3 Å². The maximum atomic E-state index is 6.23. The van der Waals surface area contributed by atoms with Gasteiger partial charge < -0.3 is 4.74 Å². The predicted molar refractivity (Wildman–Crippen MR) is 76.6 cm³/mol. The molecule has 1 aromatic rings. The molecule has 5 heteroatoms. The second kappa shape index (κ2) is 6.16. The molecule has 4 nitrogen and oxygen atoms in total. The van der Waals surface area contributed by atoms with Gasteiger partial charge >= 0.3 is 0 Å². The van der Waals surface area contributed by atoms with Crippen LogP contribution in [0.2, 0.25) is 5.15 Å². The lowest BCUT2D eigenvalue weighted by Gasteiger charge is -2.34. The van der Waals surface area contributed by atoms with Crippen molar-refractivity contribution in [2.24, 2.45) is 0 Å². The highest BCUT2D eigenvalue weighted by Gasteiger charge is 2.26. The van der Waals surface area contributed by atoms with E-state index in [2.05, 4.69) is 35.6 Å². The zero-order valence-corrected chi connectivity index (χ0v) is 12.9. The van der Waals surface area contributed by atoms with E-state index in [9.17, 15) is 0 Å². The highest BCUT2D eigenvalue weighted by molar-refractivity contribution is 6.30. The smallest absolute Gasteiger partial charge is 0.160 e. The summed E-state index contributed by atoms with van der Waals surface area (Å²) >= 11 is 6.23. The van der Waals surface area contributed by atoms with Gasteiger partial charge in [-0.25, -0.2) is 9.97 Å². The van der Waals surface area contributed by atoms with Gasteiger partial charge in [0.05, 0.1) is 6.61 Å². The van der Waals surface area contributed by atoms with Crippen LogP contribution in [0.5, 0.6) is 0 Å². The Kier molecular flexibility index (Phi) is 4.76. The molecule has 1 aromatic heterocycles. The standard InChI is InChI=1S/C14H22ClN3O/c1-5-11-10(4)16-14(17-13(11)15)12-8-18(9(2)3)6-7-19-12/h9,12H,5-8H2,1-4H3. The summed E-state index contributed by atoms with van der Waals surface area (Å²) in [4.78, 5) is 11.4. The summed E-state index contributed by atoms with van der Waals surface area (Å²) in [5, 5.41) is 0.565. The van der Waals surface area contributed by atoms with Crippen LogP contribution < -0.4 is 0 Å². The minimum Gasteiger partial charge on any atom is -0.368 e. The third kappa shape index (κ3) is 3.25. The molecule has 1 fully saturated rings. The molecule has 1 saturated heterocycles. The molecule has 106 valence electrons. The number of halogens is 1. The Morgan fingerprint density at radius 2 is 2.16 bits per heavy atom. The van der Waals surface area contributed by atoms with Gasteiger partial charge in [0.25, 0.3) is 0 Å². The number of hydrogen-bond acceptors (Lipinski definition) is 4. The summed E-state index contributed by atoms with van der Waals surface area (Å²) in [6, 6.07) is 0.512. The number of rotatable bonds is 3. The minimum absolute atomic E-state index is 0.0711. The van der Waals surface area contributed by atoms with Gasteiger partial charge in [-0.3, -0.25) is 4.90 Å². The van der Waals surface area contributed by atoms with Crippen molar-refractivity contribution in [2.45, 2.75) is 46.3 Å². The lowest BCUT2D eigenvalue weighted by atomic mass is 10.1. The molecule has 0 amide bonds. The van der Waals surface area contributed by atoms with E-state index >= 15 is 0 Å². The van der Waals surface area contributed by atoms with Gasteiger partial charge in [-0.2, -0.15) is 0 Å². The zero-order valence-electron chi connectivity index (χ0n) is 12.1. The highest BCUT2D eigenvalue weighted by Crippen LogP contribution is 2.24. The Bertz CT molecular complexity index is 427. The van der Waals surface area contributed by atoms with E-state index in [1.807, 2.05) is 6.92 Å². The molecule has 0 radical (unpaired) electrons. The Balaban J connectivity index is 2.22. The fourth-order valence-corrected chi connectivity index (χ4v) is 2.78. The molecule has 0 aliphatic carbocycles. The van der Waals surface area contributed by atoms with Crippen molar-refractivity contribution in [2.75, 3.05) is 19.7 Å². The maximum absolute atomic E-state index is 6.23. The fraction of sp³-hybridized carbons (Fsp3) is 0.714. The second-order valence-corrected chi connectivity index (χ2v) is 5.60. The molecule has 0 N–H and O–H groups in total. The van der Waals surface area contributed by atoms with Gasteiger partial charge in [0, 0.05) is 30.4 Å². The van der Waals surface area contributed by atoms with Crippen molar-refractivity contribution < 1.29 is 4.74 Å². The van der Waals surface area contributed by atoms with Crippen molar-refractivity contribution in [3.63, 3.8) is 0 Å². The molecule has 2 heterocycles. The van der Waals surface area contributed by atoms with Crippen LogP contribution in [0.4, 0.5) is 0 Å². The summed E-state index contributed by atoms with van der Waals surface area (Å²) < 4.78 is 5.80. The quantitative estimate of drug-likeness (QED) is 0.800. The molecule has 0 bridgehead atoms. The topological polar surface area (TPSA) is 38.2 Å². The molecule has 1 unspecified atom stereocenters. The largest absolute Gasteiger partial charge is 0.368 e. The van der Waals surface area contributed by atoms with Crippen LogP contribution in [-0.4, -0.2) is 40.6 Å². The average molecular weight is 284 g/mol. The third-order valence-corrected chi connectivity index (χ3v) is 3.96. The number of ether oxygens (including phenoxy) is 1. The molecule has 1 aliphatic heterocycles. The predicted octanol–water partition coefficient (Wildman–Crippen LogP) is 2.78. The lowest BCUT2D eigenvalue weighted by molar-refractivity contribution is -0.0443. The number of aromatic nitrogens is 2. The van der Waals surface area contributed by atoms with Crippen molar-refractivity contribution in [1.82, 2.24) is 14.9 Å². The van der Waals surface area contributed by atoms with Gasteiger partial charge in [-0.05, 0) is 27.2 Å². The normalized spacial score (nSPS) is 21.1. The van der Waals surface area contributed by atoms with E-state index in [0.29, 0.717) is 17.0 Å². The van der Waals surface area contributed by atoms with Gasteiger partial charge in [0.15, 0.2) is 5.82 Å². The Morgan fingerprint density at radius 3 is 2.74 bits per heavy atom. The summed E-state index contributed by atoms with van der Waals surface area (Å²) in [7, 11) is 0. The van der Waals surface area contributed by atoms with Crippen LogP contribution >= 0.6 is 11.6 Å². The van der Waals surface area contributed by atoms with Crippen LogP contribution in [-0.2, 0) is 11.2 Å². The maximum Gasteiger partial charge on any atom is 0.160 e. The Morgan fingerprint density at radius 1 is 1.42 bits per heavy atom. The number of aryl methyl sites for hydroxylation is 1. The second-order valence-electron chi connectivity index (χ2n) is 5.24. The first-order valence-corrected chi connectivity index (χ1v) is 7.29. The fourth-order valence-electron chi connectivity index (χ4n) is 2.42. The average Bonchev–Trinajstić information content (AvgIpc) is 2.38. The molecule has 0 spiro atoms. The molecule has 0 aromatic carbocycles. The van der Waals surface area contributed by atoms with E-state index in [0.717, 1.165) is 37.4 Å². The van der Waals surface area contributed by atoms with E-state index in [4.69, 9.17) is 16.3 Å². The lowest BCUT2D eigenvalue weighted by Crippen LogP contribution is -2.42. The Hall–Kier alpha value is -0.710. The summed E-state index contributed by atoms with van der Waals surface area (Å²) in [6.45, 7) is 11.0. The summed E-state index contributed by atoms with van der Waals surface area (Å²) in [5.41, 5.74) is 1.99. The molecule has 1 atom stereocenters. The van der Waals surface area contributed by atoms with Gasteiger partial charge in [-0.15, -0.1) is 0 Å². The highest BCUT2D eigenvalue weighted by atomic mass is 35.5. The van der Waals surface area contributed by atoms with E-state index in [-0.39, 0.29) is 6.10 Å². The SMILES string of the molecule is CCc1c(C)nc(C2CN(C(C)C)CCO2)nc1Cl. The monoisotopic (exact) mass is 283 g/mol. The number of morpholine rings is 1. The number of hydrogen-bond donors (Lipinski definition) is 0. The molecule has 2 rings (SSSR count). The van der Waals surface area contributed by atoms with Crippen molar-refractivity contribution in [3.8, 4) is 0 Å². The first-order chi connectivity index (χ1) is 9.02. The van der Waals surface area contributed by atoms with Gasteiger partial charge in [0.2, 0.25) is 0 Å². The van der Waals surface area contributed by atoms with Crippen LogP contribution in [0.15, 0.2) is 0 Å². The third-order valence-electron chi connectivity index (χ3n) is 3.65. The molecule has 0 saturated carbocycles. The van der Waals surface area contributed by atoms with E-state index in [1.165, 1.54) is 0 Å². The van der Waals surface area contributed by atoms with E-state index < -0.39 is 0 Å². The zero-order chi connectivity index (χ0) is 14.0. The van der Waals surface area contributed by atoms with Crippen LogP contribution in [0.3, 0.4) is 0 Å². The van der Waals surface area contributed by atoms with Crippen molar-refractivity contribution in [3.05, 3.63) is 22.2 Å². The molecular formula is C14H22ClN3O. The Labute approximate surface area is 120 Å². The van der Waals surface area contributed by atoms with Crippen molar-refractivity contribution in [1.29, 1.82) is 0 Å². The first-order valence-electron chi connectivity index (χ1n) is 6.91. The van der Waals surface area contributed by atoms with Crippen LogP contribution in [0.25, 0.3) is 0 Å². The molecule has 1 aliphatic rings. The first kappa shape index (κ1) is 14.7. The number of nitrogens with zero attached hydrogens (tertiary/aromatic N) is 3. The van der Waals surface area contributed by atoms with Crippen LogP contribution in [0.1, 0.15) is 44.0 Å². The summed E-state index contributed by atoms with van der Waals surface area (Å²) in [5.74, 6) is 0.713. The van der Waals surface area contributed by atoms with Crippen LogP contribution in [0, 0.1) is 6.92 Å². The minimum atomic E-state index is -0.0711. The van der Waals surface area contributed by atoms with Gasteiger partial charge in [-0.1, -0.05) is 18.5 Å². The summed E-state index contributed by atoms with van der Waals surface area (Å²) in [6.07, 6.45) is 0.785. The van der Waals surface area contributed by atoms with Crippen molar-refractivity contribution >= 4 is 11.6 Å².